The summed E-state index contributed by atoms with van der Waals surface area (Å²) in [4.78, 5) is 16.7. The first-order chi connectivity index (χ1) is 9.33. The van der Waals surface area contributed by atoms with Gasteiger partial charge >= 0.3 is 0 Å². The van der Waals surface area contributed by atoms with Crippen molar-refractivity contribution in [3.05, 3.63) is 0 Å². The van der Waals surface area contributed by atoms with Crippen molar-refractivity contribution < 1.29 is 9.53 Å². The van der Waals surface area contributed by atoms with Gasteiger partial charge in [0.2, 0.25) is 5.91 Å². The first kappa shape index (κ1) is 13.3. The molecular formula is C14H25N3O2. The summed E-state index contributed by atoms with van der Waals surface area (Å²) in [7, 11) is 0. The first-order valence-electron chi connectivity index (χ1n) is 7.67. The van der Waals surface area contributed by atoms with E-state index in [9.17, 15) is 4.79 Å². The van der Waals surface area contributed by atoms with Crippen LogP contribution in [0.15, 0.2) is 0 Å². The predicted molar refractivity (Wildman–Crippen MR) is 73.0 cm³/mol. The molecule has 5 nitrogen and oxygen atoms in total. The third-order valence-corrected chi connectivity index (χ3v) is 4.65. The minimum absolute atomic E-state index is 0.321. The fraction of sp³-hybridized carbons (Fsp3) is 0.929. The van der Waals surface area contributed by atoms with Gasteiger partial charge in [-0.15, -0.1) is 0 Å². The highest BCUT2D eigenvalue weighted by Crippen LogP contribution is 2.18. The fourth-order valence-corrected chi connectivity index (χ4v) is 3.18. The highest BCUT2D eigenvalue weighted by molar-refractivity contribution is 5.76. The molecule has 1 N–H and O–H groups in total. The van der Waals surface area contributed by atoms with Gasteiger partial charge in [-0.2, -0.15) is 0 Å². The molecule has 0 bridgehead atoms. The van der Waals surface area contributed by atoms with E-state index in [1.165, 1.54) is 0 Å². The number of hydrogen-bond acceptors (Lipinski definition) is 4. The summed E-state index contributed by atoms with van der Waals surface area (Å²) < 4.78 is 5.58. The molecule has 5 heteroatoms. The third kappa shape index (κ3) is 3.27. The van der Waals surface area contributed by atoms with Crippen LogP contribution < -0.4 is 5.32 Å². The maximum Gasteiger partial charge on any atom is 0.222 e. The highest BCUT2D eigenvalue weighted by atomic mass is 16.5. The van der Waals surface area contributed by atoms with Crippen LogP contribution in [0.5, 0.6) is 0 Å². The second kappa shape index (κ2) is 6.20. The lowest BCUT2D eigenvalue weighted by atomic mass is 10.1. The number of rotatable bonds is 4. The fourth-order valence-electron chi connectivity index (χ4n) is 3.18. The SMILES string of the molecule is O=C(CCC1CCCO1)N1CCN(C2CNC2)CC1. The zero-order chi connectivity index (χ0) is 13.1. The van der Waals surface area contributed by atoms with E-state index in [4.69, 9.17) is 4.74 Å². The topological polar surface area (TPSA) is 44.8 Å². The third-order valence-electron chi connectivity index (χ3n) is 4.65. The van der Waals surface area contributed by atoms with E-state index in [2.05, 4.69) is 10.2 Å². The number of nitrogens with zero attached hydrogens (tertiary/aromatic N) is 2. The second-order valence-corrected chi connectivity index (χ2v) is 5.90. The van der Waals surface area contributed by atoms with E-state index in [0.29, 0.717) is 24.5 Å². The largest absolute Gasteiger partial charge is 0.378 e. The molecule has 0 aromatic rings. The van der Waals surface area contributed by atoms with Crippen LogP contribution in [0.2, 0.25) is 0 Å². The molecule has 1 unspecified atom stereocenters. The van der Waals surface area contributed by atoms with Crippen molar-refractivity contribution in [3.63, 3.8) is 0 Å². The average Bonchev–Trinajstić information content (AvgIpc) is 2.88. The molecule has 0 aromatic carbocycles. The quantitative estimate of drug-likeness (QED) is 0.782. The van der Waals surface area contributed by atoms with E-state index < -0.39 is 0 Å². The van der Waals surface area contributed by atoms with Gasteiger partial charge in [0.15, 0.2) is 0 Å². The lowest BCUT2D eigenvalue weighted by Crippen LogP contribution is -2.62. The van der Waals surface area contributed by atoms with Crippen LogP contribution in [0.3, 0.4) is 0 Å². The Hall–Kier alpha value is -0.650. The summed E-state index contributed by atoms with van der Waals surface area (Å²) in [5.74, 6) is 0.321. The van der Waals surface area contributed by atoms with Gasteiger partial charge in [0.05, 0.1) is 6.10 Å². The van der Waals surface area contributed by atoms with Crippen molar-refractivity contribution in [2.45, 2.75) is 37.8 Å². The number of nitrogens with one attached hydrogen (secondary N) is 1. The summed E-state index contributed by atoms with van der Waals surface area (Å²) in [6, 6.07) is 0.712. The molecule has 3 fully saturated rings. The number of piperazine rings is 1. The molecule has 0 saturated carbocycles. The number of carbonyl (C=O) groups is 1. The molecule has 3 heterocycles. The Bertz CT molecular complexity index is 306. The smallest absolute Gasteiger partial charge is 0.222 e. The molecule has 3 aliphatic rings. The van der Waals surface area contributed by atoms with Crippen LogP contribution in [0.25, 0.3) is 0 Å². The minimum atomic E-state index is 0.321. The molecule has 3 aliphatic heterocycles. The van der Waals surface area contributed by atoms with Crippen LogP contribution in [0, 0.1) is 0 Å². The summed E-state index contributed by atoms with van der Waals surface area (Å²) in [6.07, 6.45) is 4.20. The van der Waals surface area contributed by atoms with Gasteiger partial charge in [-0.1, -0.05) is 0 Å². The average molecular weight is 267 g/mol. The maximum atomic E-state index is 12.2. The second-order valence-electron chi connectivity index (χ2n) is 5.90. The van der Waals surface area contributed by atoms with Crippen molar-refractivity contribution >= 4 is 5.91 Å². The summed E-state index contributed by atoms with van der Waals surface area (Å²) in [5.41, 5.74) is 0. The summed E-state index contributed by atoms with van der Waals surface area (Å²) >= 11 is 0. The van der Waals surface area contributed by atoms with E-state index >= 15 is 0 Å². The van der Waals surface area contributed by atoms with Crippen molar-refractivity contribution in [2.75, 3.05) is 45.9 Å². The van der Waals surface area contributed by atoms with Gasteiger partial charge in [0.25, 0.3) is 0 Å². The zero-order valence-corrected chi connectivity index (χ0v) is 11.6. The zero-order valence-electron chi connectivity index (χ0n) is 11.6. The van der Waals surface area contributed by atoms with Gasteiger partial charge in [-0.05, 0) is 19.3 Å². The van der Waals surface area contributed by atoms with Gasteiger partial charge in [-0.25, -0.2) is 0 Å². The standard InChI is InChI=1S/C14H25N3O2/c18-14(4-3-13-2-1-9-19-13)17-7-5-16(6-8-17)12-10-15-11-12/h12-13,15H,1-11H2. The van der Waals surface area contributed by atoms with Crippen molar-refractivity contribution in [3.8, 4) is 0 Å². The molecule has 3 rings (SSSR count). The van der Waals surface area contributed by atoms with Gasteiger partial charge in [-0.3, -0.25) is 9.69 Å². The molecule has 3 saturated heterocycles. The van der Waals surface area contributed by atoms with E-state index in [0.717, 1.165) is 65.1 Å². The predicted octanol–water partition coefficient (Wildman–Crippen LogP) is 0.0616. The number of amides is 1. The van der Waals surface area contributed by atoms with Crippen LogP contribution in [-0.4, -0.2) is 73.7 Å². The van der Waals surface area contributed by atoms with E-state index in [-0.39, 0.29) is 0 Å². The molecule has 0 aliphatic carbocycles. The lowest BCUT2D eigenvalue weighted by molar-refractivity contribution is -0.134. The van der Waals surface area contributed by atoms with Crippen LogP contribution in [0.1, 0.15) is 25.7 Å². The molecule has 1 atom stereocenters. The maximum absolute atomic E-state index is 12.2. The number of ether oxygens (including phenoxy) is 1. The Labute approximate surface area is 115 Å². The van der Waals surface area contributed by atoms with Gasteiger partial charge < -0.3 is 15.0 Å². The molecule has 0 spiro atoms. The van der Waals surface area contributed by atoms with Crippen LogP contribution >= 0.6 is 0 Å². The highest BCUT2D eigenvalue weighted by Gasteiger charge is 2.29. The van der Waals surface area contributed by atoms with Crippen LogP contribution in [0.4, 0.5) is 0 Å². The lowest BCUT2D eigenvalue weighted by Gasteiger charge is -2.43. The normalized spacial score (nSPS) is 29.5. The molecule has 1 amide bonds. The molecule has 0 radical (unpaired) electrons. The summed E-state index contributed by atoms with van der Waals surface area (Å²) in [5, 5.41) is 3.31. The van der Waals surface area contributed by atoms with Crippen molar-refractivity contribution in [2.24, 2.45) is 0 Å². The number of carbonyl (C=O) groups excluding carboxylic acids is 1. The monoisotopic (exact) mass is 267 g/mol. The number of hydrogen-bond donors (Lipinski definition) is 1. The Kier molecular flexibility index (Phi) is 4.35. The van der Waals surface area contributed by atoms with Gasteiger partial charge in [0, 0.05) is 58.3 Å². The minimum Gasteiger partial charge on any atom is -0.378 e. The Morgan fingerprint density at radius 3 is 2.58 bits per heavy atom. The van der Waals surface area contributed by atoms with Crippen molar-refractivity contribution in [1.82, 2.24) is 15.1 Å². The molecule has 108 valence electrons. The van der Waals surface area contributed by atoms with E-state index in [1.807, 2.05) is 4.90 Å². The van der Waals surface area contributed by atoms with Crippen molar-refractivity contribution in [1.29, 1.82) is 0 Å². The van der Waals surface area contributed by atoms with Gasteiger partial charge in [0.1, 0.15) is 0 Å². The molecular weight excluding hydrogens is 242 g/mol. The summed E-state index contributed by atoms with van der Waals surface area (Å²) in [6.45, 7) is 7.00. The van der Waals surface area contributed by atoms with E-state index in [1.54, 1.807) is 0 Å². The Morgan fingerprint density at radius 1 is 1.21 bits per heavy atom. The Morgan fingerprint density at radius 2 is 2.00 bits per heavy atom. The van der Waals surface area contributed by atoms with Crippen LogP contribution in [-0.2, 0) is 9.53 Å². The molecule has 0 aromatic heterocycles. The molecule has 19 heavy (non-hydrogen) atoms. The first-order valence-corrected chi connectivity index (χ1v) is 7.67. The Balaban J connectivity index is 1.36.